The van der Waals surface area contributed by atoms with Gasteiger partial charge >= 0.3 is 0 Å². The molecule has 2 N–H and O–H groups in total. The summed E-state index contributed by atoms with van der Waals surface area (Å²) >= 11 is 0. The Kier molecular flexibility index (Phi) is 3.92. The van der Waals surface area contributed by atoms with Gasteiger partial charge in [0.05, 0.1) is 0 Å². The number of hydrogen-bond acceptors (Lipinski definition) is 2. The van der Waals surface area contributed by atoms with Crippen molar-refractivity contribution in [3.05, 3.63) is 66.0 Å². The number of anilines is 1. The maximum atomic E-state index is 12.8. The highest BCUT2D eigenvalue weighted by molar-refractivity contribution is 5.97. The number of carbonyl (C=O) groups excluding carboxylic acids is 1. The number of amides is 1. The molecular weight excluding hydrogens is 243 g/mol. The zero-order chi connectivity index (χ0) is 13.8. The van der Waals surface area contributed by atoms with Crippen LogP contribution in [0.3, 0.4) is 0 Å². The second-order valence-corrected chi connectivity index (χ2v) is 4.26. The summed E-state index contributed by atoms with van der Waals surface area (Å²) in [6, 6.07) is 14.1. The highest BCUT2D eigenvalue weighted by atomic mass is 19.1. The van der Waals surface area contributed by atoms with Crippen molar-refractivity contribution >= 4 is 11.6 Å². The lowest BCUT2D eigenvalue weighted by Crippen LogP contribution is -2.35. The first kappa shape index (κ1) is 13.2. The van der Waals surface area contributed by atoms with E-state index >= 15 is 0 Å². The Morgan fingerprint density at radius 1 is 1.11 bits per heavy atom. The average molecular weight is 258 g/mol. The van der Waals surface area contributed by atoms with Gasteiger partial charge in [0.15, 0.2) is 0 Å². The van der Waals surface area contributed by atoms with Gasteiger partial charge in [0.25, 0.3) is 0 Å². The number of likely N-dealkylation sites (N-methyl/N-ethyl adjacent to an activating group) is 1. The molecule has 98 valence electrons. The van der Waals surface area contributed by atoms with Crippen molar-refractivity contribution in [2.45, 2.75) is 6.04 Å². The first-order valence-electron chi connectivity index (χ1n) is 5.93. The zero-order valence-corrected chi connectivity index (χ0v) is 10.6. The van der Waals surface area contributed by atoms with Crippen molar-refractivity contribution in [1.29, 1.82) is 0 Å². The number of nitrogens with zero attached hydrogens (tertiary/aromatic N) is 1. The topological polar surface area (TPSA) is 46.3 Å². The van der Waals surface area contributed by atoms with Crippen LogP contribution in [-0.2, 0) is 4.79 Å². The number of halogens is 1. The summed E-state index contributed by atoms with van der Waals surface area (Å²) in [5.41, 5.74) is 7.30. The van der Waals surface area contributed by atoms with Crippen LogP contribution in [0.25, 0.3) is 0 Å². The summed E-state index contributed by atoms with van der Waals surface area (Å²) in [7, 11) is 1.62. The summed E-state index contributed by atoms with van der Waals surface area (Å²) in [6.45, 7) is 0. The molecule has 0 aromatic heterocycles. The Labute approximate surface area is 111 Å². The number of hydrogen-bond donors (Lipinski definition) is 1. The molecule has 0 saturated carbocycles. The molecule has 19 heavy (non-hydrogen) atoms. The van der Waals surface area contributed by atoms with Gasteiger partial charge < -0.3 is 10.6 Å². The molecule has 2 aromatic rings. The highest BCUT2D eigenvalue weighted by Crippen LogP contribution is 2.18. The van der Waals surface area contributed by atoms with Crippen molar-refractivity contribution in [3.8, 4) is 0 Å². The standard InChI is InChI=1S/C15H15FN2O/c1-18(13-9-7-12(16)8-10-13)15(19)14(17)11-5-3-2-4-6-11/h2-10,14H,17H2,1H3/t14-/m1/s1. The van der Waals surface area contributed by atoms with Gasteiger partial charge in [0.1, 0.15) is 11.9 Å². The van der Waals surface area contributed by atoms with E-state index in [-0.39, 0.29) is 11.7 Å². The Balaban J connectivity index is 2.17. The Morgan fingerprint density at radius 3 is 2.26 bits per heavy atom. The van der Waals surface area contributed by atoms with Gasteiger partial charge in [-0.05, 0) is 29.8 Å². The predicted octanol–water partition coefficient (Wildman–Crippen LogP) is 2.49. The van der Waals surface area contributed by atoms with Crippen LogP contribution in [-0.4, -0.2) is 13.0 Å². The van der Waals surface area contributed by atoms with E-state index in [2.05, 4.69) is 0 Å². The highest BCUT2D eigenvalue weighted by Gasteiger charge is 2.20. The van der Waals surface area contributed by atoms with Crippen molar-refractivity contribution in [1.82, 2.24) is 0 Å². The predicted molar refractivity (Wildman–Crippen MR) is 73.2 cm³/mol. The molecule has 0 aliphatic carbocycles. The van der Waals surface area contributed by atoms with Gasteiger partial charge in [-0.1, -0.05) is 30.3 Å². The minimum absolute atomic E-state index is 0.238. The van der Waals surface area contributed by atoms with Crippen LogP contribution in [0.15, 0.2) is 54.6 Å². The summed E-state index contributed by atoms with van der Waals surface area (Å²) in [6.07, 6.45) is 0. The largest absolute Gasteiger partial charge is 0.316 e. The van der Waals surface area contributed by atoms with Crippen molar-refractivity contribution in [2.75, 3.05) is 11.9 Å². The molecule has 1 atom stereocenters. The van der Waals surface area contributed by atoms with E-state index in [9.17, 15) is 9.18 Å². The lowest BCUT2D eigenvalue weighted by Gasteiger charge is -2.21. The summed E-state index contributed by atoms with van der Waals surface area (Å²) in [5, 5.41) is 0. The Bertz CT molecular complexity index is 554. The fourth-order valence-electron chi connectivity index (χ4n) is 1.80. The van der Waals surface area contributed by atoms with Crippen LogP contribution in [0, 0.1) is 5.82 Å². The molecule has 0 aliphatic heterocycles. The third kappa shape index (κ3) is 2.98. The molecule has 0 aliphatic rings. The van der Waals surface area contributed by atoms with Gasteiger partial charge in [-0.3, -0.25) is 4.79 Å². The molecule has 0 fully saturated rings. The van der Waals surface area contributed by atoms with Crippen LogP contribution in [0.2, 0.25) is 0 Å². The van der Waals surface area contributed by atoms with E-state index in [1.54, 1.807) is 31.3 Å². The van der Waals surface area contributed by atoms with E-state index < -0.39 is 6.04 Å². The number of carbonyl (C=O) groups is 1. The van der Waals surface area contributed by atoms with Crippen molar-refractivity contribution in [2.24, 2.45) is 5.73 Å². The van der Waals surface area contributed by atoms with Crippen LogP contribution < -0.4 is 10.6 Å². The van der Waals surface area contributed by atoms with Crippen molar-refractivity contribution in [3.63, 3.8) is 0 Å². The molecule has 2 rings (SSSR count). The molecule has 1 amide bonds. The molecule has 0 saturated heterocycles. The van der Waals surface area contributed by atoms with Crippen LogP contribution in [0.4, 0.5) is 10.1 Å². The average Bonchev–Trinajstić information content (AvgIpc) is 2.46. The maximum absolute atomic E-state index is 12.8. The zero-order valence-electron chi connectivity index (χ0n) is 10.6. The van der Waals surface area contributed by atoms with Crippen molar-refractivity contribution < 1.29 is 9.18 Å². The normalized spacial score (nSPS) is 11.9. The SMILES string of the molecule is CN(C(=O)[C@H](N)c1ccccc1)c1ccc(F)cc1. The first-order valence-corrected chi connectivity index (χ1v) is 5.93. The monoisotopic (exact) mass is 258 g/mol. The fourth-order valence-corrected chi connectivity index (χ4v) is 1.80. The first-order chi connectivity index (χ1) is 9.09. The van der Waals surface area contributed by atoms with Crippen LogP contribution in [0.1, 0.15) is 11.6 Å². The van der Waals surface area contributed by atoms with Gasteiger partial charge in [0, 0.05) is 12.7 Å². The second-order valence-electron chi connectivity index (χ2n) is 4.26. The fraction of sp³-hybridized carbons (Fsp3) is 0.133. The molecule has 0 unspecified atom stereocenters. The third-order valence-electron chi connectivity index (χ3n) is 2.97. The van der Waals surface area contributed by atoms with Crippen LogP contribution >= 0.6 is 0 Å². The van der Waals surface area contributed by atoms with E-state index in [0.717, 1.165) is 5.56 Å². The molecule has 3 nitrogen and oxygen atoms in total. The lowest BCUT2D eigenvalue weighted by atomic mass is 10.1. The molecule has 4 heteroatoms. The molecular formula is C15H15FN2O. The second kappa shape index (κ2) is 5.63. The van der Waals surface area contributed by atoms with Gasteiger partial charge in [-0.2, -0.15) is 0 Å². The molecule has 0 heterocycles. The van der Waals surface area contributed by atoms with Gasteiger partial charge in [-0.25, -0.2) is 4.39 Å². The van der Waals surface area contributed by atoms with Gasteiger partial charge in [0.2, 0.25) is 5.91 Å². The van der Waals surface area contributed by atoms with Crippen LogP contribution in [0.5, 0.6) is 0 Å². The minimum Gasteiger partial charge on any atom is -0.316 e. The summed E-state index contributed by atoms with van der Waals surface area (Å²) in [5.74, 6) is -0.574. The van der Waals surface area contributed by atoms with E-state index in [1.165, 1.54) is 17.0 Å². The molecule has 0 bridgehead atoms. The molecule has 0 radical (unpaired) electrons. The smallest absolute Gasteiger partial charge is 0.248 e. The Morgan fingerprint density at radius 2 is 1.68 bits per heavy atom. The summed E-state index contributed by atoms with van der Waals surface area (Å²) in [4.78, 5) is 13.7. The summed E-state index contributed by atoms with van der Waals surface area (Å²) < 4.78 is 12.8. The van der Waals surface area contributed by atoms with E-state index in [0.29, 0.717) is 5.69 Å². The number of nitrogens with two attached hydrogens (primary N) is 1. The molecule has 0 spiro atoms. The van der Waals surface area contributed by atoms with Gasteiger partial charge in [-0.15, -0.1) is 0 Å². The minimum atomic E-state index is -0.726. The maximum Gasteiger partial charge on any atom is 0.248 e. The number of rotatable bonds is 3. The Hall–Kier alpha value is -2.20. The quantitative estimate of drug-likeness (QED) is 0.919. The lowest BCUT2D eigenvalue weighted by molar-refractivity contribution is -0.119. The van der Waals surface area contributed by atoms with E-state index in [1.807, 2.05) is 18.2 Å². The van der Waals surface area contributed by atoms with E-state index in [4.69, 9.17) is 5.73 Å². The number of benzene rings is 2. The molecule has 2 aromatic carbocycles. The third-order valence-corrected chi connectivity index (χ3v) is 2.97.